The molecule has 114 valence electrons. The van der Waals surface area contributed by atoms with Gasteiger partial charge in [0.15, 0.2) is 0 Å². The van der Waals surface area contributed by atoms with Crippen molar-refractivity contribution >= 4 is 23.3 Å². The van der Waals surface area contributed by atoms with Crippen LogP contribution >= 0.6 is 11.6 Å². The highest BCUT2D eigenvalue weighted by atomic mass is 35.5. The number of amides is 1. The summed E-state index contributed by atoms with van der Waals surface area (Å²) in [7, 11) is 0. The van der Waals surface area contributed by atoms with Crippen molar-refractivity contribution in [1.29, 1.82) is 0 Å². The lowest BCUT2D eigenvalue weighted by atomic mass is 10.2. The smallest absolute Gasteiger partial charge is 0.274 e. The van der Waals surface area contributed by atoms with E-state index in [0.29, 0.717) is 23.4 Å². The summed E-state index contributed by atoms with van der Waals surface area (Å²) in [6, 6.07) is 3.62. The third kappa shape index (κ3) is 3.12. The van der Waals surface area contributed by atoms with Gasteiger partial charge in [-0.05, 0) is 18.6 Å². The van der Waals surface area contributed by atoms with E-state index in [1.165, 1.54) is 0 Å². The normalized spacial score (nSPS) is 23.5. The Labute approximate surface area is 128 Å². The van der Waals surface area contributed by atoms with Crippen LogP contribution in [0.5, 0.6) is 0 Å². The average Bonchev–Trinajstić information content (AvgIpc) is 3.00. The predicted molar refractivity (Wildman–Crippen MR) is 80.4 cm³/mol. The summed E-state index contributed by atoms with van der Waals surface area (Å²) >= 11 is 6.06. The quantitative estimate of drug-likeness (QED) is 0.877. The van der Waals surface area contributed by atoms with E-state index in [1.807, 2.05) is 4.90 Å². The number of nitrogens with zero attached hydrogens (tertiary/aromatic N) is 3. The molecule has 2 N–H and O–H groups in total. The molecule has 0 radical (unpaired) electrons. The first kappa shape index (κ1) is 14.6. The van der Waals surface area contributed by atoms with Crippen LogP contribution in [0.1, 0.15) is 16.9 Å². The van der Waals surface area contributed by atoms with Crippen molar-refractivity contribution in [3.8, 4) is 0 Å². The summed E-state index contributed by atoms with van der Waals surface area (Å²) in [6.45, 7) is 4.85. The molecule has 1 atom stereocenters. The minimum Gasteiger partial charge on any atom is -0.384 e. The van der Waals surface area contributed by atoms with E-state index < -0.39 is 0 Å². The zero-order valence-electron chi connectivity index (χ0n) is 11.8. The van der Waals surface area contributed by atoms with Crippen LogP contribution in [0.4, 0.5) is 5.82 Å². The van der Waals surface area contributed by atoms with E-state index in [0.717, 1.165) is 39.3 Å². The van der Waals surface area contributed by atoms with Crippen molar-refractivity contribution < 1.29 is 9.53 Å². The van der Waals surface area contributed by atoms with Crippen molar-refractivity contribution in [2.24, 2.45) is 0 Å². The van der Waals surface area contributed by atoms with Crippen molar-refractivity contribution in [2.75, 3.05) is 45.1 Å². The highest BCUT2D eigenvalue weighted by Crippen LogP contribution is 2.22. The number of pyridine rings is 1. The third-order valence-corrected chi connectivity index (χ3v) is 4.39. The molecule has 3 rings (SSSR count). The first-order valence-electron chi connectivity index (χ1n) is 7.18. The Morgan fingerprint density at radius 1 is 1.33 bits per heavy atom. The molecular formula is C14H19ClN4O2. The number of likely N-dealkylation sites (tertiary alicyclic amines) is 1. The van der Waals surface area contributed by atoms with Gasteiger partial charge in [0.05, 0.1) is 18.2 Å². The lowest BCUT2D eigenvalue weighted by molar-refractivity contribution is 0.0185. The number of carbonyl (C=O) groups is 1. The Bertz CT molecular complexity index is 534. The number of ether oxygens (including phenoxy) is 1. The van der Waals surface area contributed by atoms with Crippen LogP contribution in [0.25, 0.3) is 0 Å². The monoisotopic (exact) mass is 310 g/mol. The molecule has 1 amide bonds. The van der Waals surface area contributed by atoms with E-state index in [1.54, 1.807) is 12.1 Å². The molecule has 1 aromatic rings. The van der Waals surface area contributed by atoms with Gasteiger partial charge in [-0.15, -0.1) is 0 Å². The van der Waals surface area contributed by atoms with Gasteiger partial charge >= 0.3 is 0 Å². The highest BCUT2D eigenvalue weighted by Gasteiger charge is 2.32. The maximum atomic E-state index is 12.5. The standard InChI is InChI=1S/C14H19ClN4O2/c15-11-1-2-12(16)17-13(11)14(20)19-4-3-10(9-19)18-5-7-21-8-6-18/h1-2,10H,3-9H2,(H2,16,17). The molecule has 1 aromatic heterocycles. The molecule has 0 aliphatic carbocycles. The van der Waals surface area contributed by atoms with Crippen LogP contribution in [0.3, 0.4) is 0 Å². The topological polar surface area (TPSA) is 71.7 Å². The Morgan fingerprint density at radius 3 is 2.86 bits per heavy atom. The zero-order chi connectivity index (χ0) is 14.8. The minimum atomic E-state index is -0.136. The summed E-state index contributed by atoms with van der Waals surface area (Å²) in [6.07, 6.45) is 0.978. The minimum absolute atomic E-state index is 0.136. The Balaban J connectivity index is 1.67. The number of nitrogen functional groups attached to an aromatic ring is 1. The van der Waals surface area contributed by atoms with Gasteiger partial charge < -0.3 is 15.4 Å². The zero-order valence-corrected chi connectivity index (χ0v) is 12.6. The molecule has 3 heterocycles. The number of nitrogens with two attached hydrogens (primary N) is 1. The molecule has 0 aromatic carbocycles. The fourth-order valence-corrected chi connectivity index (χ4v) is 3.11. The number of hydrogen-bond donors (Lipinski definition) is 1. The summed E-state index contributed by atoms with van der Waals surface area (Å²) in [5.41, 5.74) is 5.89. The van der Waals surface area contributed by atoms with E-state index in [9.17, 15) is 4.79 Å². The Kier molecular flexibility index (Phi) is 4.28. The largest absolute Gasteiger partial charge is 0.384 e. The molecule has 0 spiro atoms. The van der Waals surface area contributed by atoms with E-state index in [2.05, 4.69) is 9.88 Å². The van der Waals surface area contributed by atoms with Crippen LogP contribution < -0.4 is 5.73 Å². The van der Waals surface area contributed by atoms with Gasteiger partial charge in [0, 0.05) is 32.2 Å². The van der Waals surface area contributed by atoms with E-state index in [-0.39, 0.29) is 11.6 Å². The van der Waals surface area contributed by atoms with Crippen molar-refractivity contribution in [1.82, 2.24) is 14.8 Å². The van der Waals surface area contributed by atoms with Crippen LogP contribution in [-0.2, 0) is 4.74 Å². The molecular weight excluding hydrogens is 292 g/mol. The Hall–Kier alpha value is -1.37. The summed E-state index contributed by atoms with van der Waals surface area (Å²) in [5.74, 6) is 0.176. The molecule has 6 nitrogen and oxygen atoms in total. The van der Waals surface area contributed by atoms with Crippen molar-refractivity contribution in [3.63, 3.8) is 0 Å². The second-order valence-corrected chi connectivity index (χ2v) is 5.82. The summed E-state index contributed by atoms with van der Waals surface area (Å²) in [4.78, 5) is 20.8. The van der Waals surface area contributed by atoms with Gasteiger partial charge in [-0.3, -0.25) is 9.69 Å². The number of halogens is 1. The summed E-state index contributed by atoms with van der Waals surface area (Å²) in [5, 5.41) is 0.351. The number of aromatic nitrogens is 1. The molecule has 21 heavy (non-hydrogen) atoms. The van der Waals surface area contributed by atoms with E-state index >= 15 is 0 Å². The molecule has 0 bridgehead atoms. The molecule has 2 aliphatic rings. The number of carbonyl (C=O) groups excluding carboxylic acids is 1. The van der Waals surface area contributed by atoms with Gasteiger partial charge in [0.1, 0.15) is 11.5 Å². The first-order chi connectivity index (χ1) is 10.1. The molecule has 2 fully saturated rings. The summed E-state index contributed by atoms with van der Waals surface area (Å²) < 4.78 is 5.37. The van der Waals surface area contributed by atoms with Gasteiger partial charge in [-0.25, -0.2) is 4.98 Å². The maximum Gasteiger partial charge on any atom is 0.274 e. The molecule has 7 heteroatoms. The molecule has 2 saturated heterocycles. The lowest BCUT2D eigenvalue weighted by Gasteiger charge is -2.32. The average molecular weight is 311 g/mol. The third-order valence-electron chi connectivity index (χ3n) is 4.08. The van der Waals surface area contributed by atoms with Crippen LogP contribution in [-0.4, -0.2) is 66.1 Å². The van der Waals surface area contributed by atoms with Gasteiger partial charge in [0.25, 0.3) is 5.91 Å². The lowest BCUT2D eigenvalue weighted by Crippen LogP contribution is -2.45. The predicted octanol–water partition coefficient (Wildman–Crippen LogP) is 0.864. The molecule has 0 saturated carbocycles. The SMILES string of the molecule is Nc1ccc(Cl)c(C(=O)N2CCC(N3CCOCC3)C2)n1. The first-order valence-corrected chi connectivity index (χ1v) is 7.56. The Morgan fingerprint density at radius 2 is 2.10 bits per heavy atom. The molecule has 2 aliphatic heterocycles. The molecule has 1 unspecified atom stereocenters. The number of anilines is 1. The fraction of sp³-hybridized carbons (Fsp3) is 0.571. The number of hydrogen-bond acceptors (Lipinski definition) is 5. The number of morpholine rings is 1. The van der Waals surface area contributed by atoms with Crippen LogP contribution in [0, 0.1) is 0 Å². The van der Waals surface area contributed by atoms with Gasteiger partial charge in [0.2, 0.25) is 0 Å². The second kappa shape index (κ2) is 6.17. The highest BCUT2D eigenvalue weighted by molar-refractivity contribution is 6.33. The second-order valence-electron chi connectivity index (χ2n) is 5.41. The van der Waals surface area contributed by atoms with E-state index in [4.69, 9.17) is 22.1 Å². The number of rotatable bonds is 2. The van der Waals surface area contributed by atoms with Crippen LogP contribution in [0.2, 0.25) is 5.02 Å². The fourth-order valence-electron chi connectivity index (χ4n) is 2.92. The van der Waals surface area contributed by atoms with Crippen molar-refractivity contribution in [3.05, 3.63) is 22.8 Å². The van der Waals surface area contributed by atoms with Gasteiger partial charge in [-0.1, -0.05) is 11.6 Å². The maximum absolute atomic E-state index is 12.5. The van der Waals surface area contributed by atoms with Crippen molar-refractivity contribution in [2.45, 2.75) is 12.5 Å². The van der Waals surface area contributed by atoms with Gasteiger partial charge in [-0.2, -0.15) is 0 Å². The van der Waals surface area contributed by atoms with Crippen LogP contribution in [0.15, 0.2) is 12.1 Å².